The molecule has 0 aliphatic rings. The van der Waals surface area contributed by atoms with Crippen molar-refractivity contribution in [3.05, 3.63) is 52.9 Å². The molecule has 3 rings (SSSR count). The van der Waals surface area contributed by atoms with E-state index in [-0.39, 0.29) is 0 Å². The highest BCUT2D eigenvalue weighted by Crippen LogP contribution is 2.31. The zero-order chi connectivity index (χ0) is 17.8. The Kier molecular flexibility index (Phi) is 5.09. The van der Waals surface area contributed by atoms with E-state index in [4.69, 9.17) is 25.6 Å². The number of benzene rings is 2. The zero-order valence-electron chi connectivity index (χ0n) is 14.2. The van der Waals surface area contributed by atoms with E-state index >= 15 is 0 Å². The molecule has 1 N–H and O–H groups in total. The van der Waals surface area contributed by atoms with Gasteiger partial charge in [0.15, 0.2) is 11.5 Å². The molecule has 25 heavy (non-hydrogen) atoms. The fraction of sp³-hybridized carbons (Fsp3) is 0.222. The molecule has 0 radical (unpaired) electrons. The molecule has 0 saturated heterocycles. The van der Waals surface area contributed by atoms with E-state index in [9.17, 15) is 0 Å². The summed E-state index contributed by atoms with van der Waals surface area (Å²) in [5.74, 6) is 2.22. The summed E-state index contributed by atoms with van der Waals surface area (Å²) in [5, 5.41) is 7.94. The Hall–Kier alpha value is -2.73. The van der Waals surface area contributed by atoms with Crippen LogP contribution in [0.3, 0.4) is 0 Å². The quantitative estimate of drug-likeness (QED) is 0.706. The largest absolute Gasteiger partial charge is 0.493 e. The van der Waals surface area contributed by atoms with Crippen LogP contribution in [0.2, 0.25) is 5.02 Å². The molecule has 0 bridgehead atoms. The molecular formula is C18H18ClN3O3. The van der Waals surface area contributed by atoms with Crippen LogP contribution in [-0.4, -0.2) is 24.4 Å². The van der Waals surface area contributed by atoms with Crippen molar-refractivity contribution in [2.24, 2.45) is 0 Å². The average molecular weight is 360 g/mol. The highest BCUT2D eigenvalue weighted by atomic mass is 35.5. The minimum Gasteiger partial charge on any atom is -0.493 e. The fourth-order valence-electron chi connectivity index (χ4n) is 2.37. The summed E-state index contributed by atoms with van der Waals surface area (Å²) in [6.07, 6.45) is 0. The molecule has 7 heteroatoms. The first-order chi connectivity index (χ1) is 12.1. The number of anilines is 1. The van der Waals surface area contributed by atoms with Gasteiger partial charge in [-0.15, -0.1) is 0 Å². The fourth-order valence-corrected chi connectivity index (χ4v) is 2.55. The number of halogens is 1. The molecule has 6 nitrogen and oxygen atoms in total. The third-order valence-corrected chi connectivity index (χ3v) is 3.97. The van der Waals surface area contributed by atoms with Crippen LogP contribution in [0.4, 0.5) is 5.69 Å². The van der Waals surface area contributed by atoms with Gasteiger partial charge in [-0.3, -0.25) is 0 Å². The van der Waals surface area contributed by atoms with E-state index in [1.54, 1.807) is 20.3 Å². The van der Waals surface area contributed by atoms with Gasteiger partial charge in [-0.05, 0) is 42.8 Å². The van der Waals surface area contributed by atoms with E-state index < -0.39 is 0 Å². The third kappa shape index (κ3) is 3.85. The second-order valence-corrected chi connectivity index (χ2v) is 5.83. The Morgan fingerprint density at radius 1 is 1.08 bits per heavy atom. The van der Waals surface area contributed by atoms with E-state index in [0.29, 0.717) is 34.8 Å². The van der Waals surface area contributed by atoms with Crippen LogP contribution in [0.25, 0.3) is 11.4 Å². The Labute approximate surface area is 150 Å². The van der Waals surface area contributed by atoms with Crippen molar-refractivity contribution < 1.29 is 14.0 Å². The van der Waals surface area contributed by atoms with E-state index in [2.05, 4.69) is 15.5 Å². The van der Waals surface area contributed by atoms with Gasteiger partial charge in [0.25, 0.3) is 0 Å². The highest BCUT2D eigenvalue weighted by Gasteiger charge is 2.12. The molecule has 0 aliphatic carbocycles. The SMILES string of the molecule is COc1ccc(-c2noc(CNc3cc(Cl)ccc3C)n2)cc1OC. The molecule has 3 aromatic rings. The van der Waals surface area contributed by atoms with Gasteiger partial charge in [-0.25, -0.2) is 0 Å². The summed E-state index contributed by atoms with van der Waals surface area (Å²) in [6.45, 7) is 2.41. The molecule has 1 aromatic heterocycles. The van der Waals surface area contributed by atoms with Gasteiger partial charge >= 0.3 is 0 Å². The molecule has 0 spiro atoms. The lowest BCUT2D eigenvalue weighted by molar-refractivity contribution is 0.355. The van der Waals surface area contributed by atoms with Gasteiger partial charge in [0, 0.05) is 16.3 Å². The van der Waals surface area contributed by atoms with Gasteiger partial charge < -0.3 is 19.3 Å². The average Bonchev–Trinajstić information content (AvgIpc) is 3.11. The standard InChI is InChI=1S/C18H18ClN3O3/c1-11-4-6-13(19)9-14(11)20-10-17-21-18(22-25-17)12-5-7-15(23-2)16(8-12)24-3/h4-9,20H,10H2,1-3H3. The van der Waals surface area contributed by atoms with Crippen molar-refractivity contribution in [2.45, 2.75) is 13.5 Å². The second-order valence-electron chi connectivity index (χ2n) is 5.39. The maximum Gasteiger partial charge on any atom is 0.246 e. The van der Waals surface area contributed by atoms with Crippen molar-refractivity contribution in [3.63, 3.8) is 0 Å². The normalized spacial score (nSPS) is 10.6. The smallest absolute Gasteiger partial charge is 0.246 e. The summed E-state index contributed by atoms with van der Waals surface area (Å²) in [4.78, 5) is 4.41. The lowest BCUT2D eigenvalue weighted by Crippen LogP contribution is -2.01. The molecule has 130 valence electrons. The second kappa shape index (κ2) is 7.44. The van der Waals surface area contributed by atoms with E-state index in [1.165, 1.54) is 0 Å². The maximum absolute atomic E-state index is 6.02. The Balaban J connectivity index is 1.75. The van der Waals surface area contributed by atoms with Crippen LogP contribution in [0.1, 0.15) is 11.5 Å². The summed E-state index contributed by atoms with van der Waals surface area (Å²) < 4.78 is 15.8. The van der Waals surface area contributed by atoms with Crippen molar-refractivity contribution in [1.29, 1.82) is 0 Å². The number of nitrogens with zero attached hydrogens (tertiary/aromatic N) is 2. The summed E-state index contributed by atoms with van der Waals surface area (Å²) >= 11 is 6.02. The van der Waals surface area contributed by atoms with E-state index in [1.807, 2.05) is 37.3 Å². The van der Waals surface area contributed by atoms with Gasteiger partial charge in [0.05, 0.1) is 20.8 Å². The minimum atomic E-state index is 0.404. The van der Waals surface area contributed by atoms with Crippen LogP contribution in [0.5, 0.6) is 11.5 Å². The lowest BCUT2D eigenvalue weighted by atomic mass is 10.2. The van der Waals surface area contributed by atoms with Crippen LogP contribution in [-0.2, 0) is 6.54 Å². The first kappa shape index (κ1) is 17.1. The first-order valence-electron chi connectivity index (χ1n) is 7.65. The monoisotopic (exact) mass is 359 g/mol. The molecule has 0 saturated carbocycles. The van der Waals surface area contributed by atoms with Crippen LogP contribution in [0, 0.1) is 6.92 Å². The van der Waals surface area contributed by atoms with Gasteiger partial charge in [0.2, 0.25) is 11.7 Å². The van der Waals surface area contributed by atoms with Crippen molar-refractivity contribution in [2.75, 3.05) is 19.5 Å². The van der Waals surface area contributed by atoms with Crippen molar-refractivity contribution in [3.8, 4) is 22.9 Å². The number of nitrogens with one attached hydrogen (secondary N) is 1. The molecule has 0 amide bonds. The number of aryl methyl sites for hydroxylation is 1. The summed E-state index contributed by atoms with van der Waals surface area (Å²) in [7, 11) is 3.17. The lowest BCUT2D eigenvalue weighted by Gasteiger charge is -2.08. The Morgan fingerprint density at radius 3 is 2.64 bits per heavy atom. The molecule has 0 aliphatic heterocycles. The number of methoxy groups -OCH3 is 2. The number of rotatable bonds is 6. The molecule has 2 aromatic carbocycles. The number of hydrogen-bond donors (Lipinski definition) is 1. The predicted octanol–water partition coefficient (Wildman–Crippen LogP) is 4.33. The van der Waals surface area contributed by atoms with E-state index in [0.717, 1.165) is 16.8 Å². The van der Waals surface area contributed by atoms with Crippen molar-refractivity contribution >= 4 is 17.3 Å². The highest BCUT2D eigenvalue weighted by molar-refractivity contribution is 6.30. The summed E-state index contributed by atoms with van der Waals surface area (Å²) in [6, 6.07) is 11.1. The number of aromatic nitrogens is 2. The van der Waals surface area contributed by atoms with Gasteiger partial charge in [-0.2, -0.15) is 4.98 Å². The summed E-state index contributed by atoms with van der Waals surface area (Å²) in [5.41, 5.74) is 2.80. The van der Waals surface area contributed by atoms with Gasteiger partial charge in [0.1, 0.15) is 0 Å². The Morgan fingerprint density at radius 2 is 1.88 bits per heavy atom. The van der Waals surface area contributed by atoms with Crippen molar-refractivity contribution in [1.82, 2.24) is 10.1 Å². The maximum atomic E-state index is 6.02. The Bertz CT molecular complexity index is 880. The molecule has 1 heterocycles. The molecule has 0 fully saturated rings. The molecule has 0 atom stereocenters. The minimum absolute atomic E-state index is 0.404. The number of hydrogen-bond acceptors (Lipinski definition) is 6. The number of ether oxygens (including phenoxy) is 2. The first-order valence-corrected chi connectivity index (χ1v) is 8.03. The third-order valence-electron chi connectivity index (χ3n) is 3.74. The molecule has 0 unspecified atom stereocenters. The van der Waals surface area contributed by atoms with Gasteiger partial charge in [-0.1, -0.05) is 22.8 Å². The zero-order valence-corrected chi connectivity index (χ0v) is 14.9. The van der Waals surface area contributed by atoms with Crippen LogP contribution >= 0.6 is 11.6 Å². The van der Waals surface area contributed by atoms with Crippen LogP contribution < -0.4 is 14.8 Å². The topological polar surface area (TPSA) is 69.4 Å². The predicted molar refractivity (Wildman–Crippen MR) is 96.4 cm³/mol. The van der Waals surface area contributed by atoms with Crippen LogP contribution in [0.15, 0.2) is 40.9 Å². The molecular weight excluding hydrogens is 342 g/mol.